The van der Waals surface area contributed by atoms with Crippen molar-refractivity contribution < 1.29 is 4.74 Å². The Morgan fingerprint density at radius 2 is 1.88 bits per heavy atom. The first-order valence-electron chi connectivity index (χ1n) is 10.7. The van der Waals surface area contributed by atoms with Gasteiger partial charge >= 0.3 is 0 Å². The number of ether oxygens (including phenoxy) is 1. The molecular formula is C20H35N5O. The lowest BCUT2D eigenvalue weighted by Gasteiger charge is -2.38. The zero-order valence-electron chi connectivity index (χ0n) is 16.4. The van der Waals surface area contributed by atoms with Gasteiger partial charge in [-0.1, -0.05) is 12.8 Å². The third-order valence-corrected chi connectivity index (χ3v) is 6.66. The summed E-state index contributed by atoms with van der Waals surface area (Å²) in [6, 6.07) is 0.887. The van der Waals surface area contributed by atoms with Gasteiger partial charge in [0.15, 0.2) is 0 Å². The number of rotatable bonds is 7. The van der Waals surface area contributed by atoms with E-state index in [4.69, 9.17) is 4.74 Å². The smallest absolute Gasteiger partial charge is 0.146 e. The highest BCUT2D eigenvalue weighted by atomic mass is 16.5. The van der Waals surface area contributed by atoms with Crippen LogP contribution in [0.15, 0.2) is 6.33 Å². The van der Waals surface area contributed by atoms with Crippen molar-refractivity contribution in [3.05, 3.63) is 12.2 Å². The average molecular weight is 362 g/mol. The monoisotopic (exact) mass is 361 g/mol. The number of likely N-dealkylation sites (tertiary alicyclic amines) is 1. The molecule has 3 fully saturated rings. The van der Waals surface area contributed by atoms with Gasteiger partial charge in [-0.25, -0.2) is 0 Å². The zero-order valence-corrected chi connectivity index (χ0v) is 16.4. The van der Waals surface area contributed by atoms with Crippen molar-refractivity contribution in [1.29, 1.82) is 0 Å². The highest BCUT2D eigenvalue weighted by Crippen LogP contribution is 2.28. The number of nitrogens with zero attached hydrogens (tertiary/aromatic N) is 5. The molecule has 26 heavy (non-hydrogen) atoms. The summed E-state index contributed by atoms with van der Waals surface area (Å²) < 4.78 is 7.96. The first kappa shape index (κ1) is 18.4. The van der Waals surface area contributed by atoms with Crippen molar-refractivity contribution in [1.82, 2.24) is 24.6 Å². The van der Waals surface area contributed by atoms with Crippen molar-refractivity contribution in [3.8, 4) is 0 Å². The summed E-state index contributed by atoms with van der Waals surface area (Å²) >= 11 is 0. The van der Waals surface area contributed by atoms with E-state index in [1.807, 2.05) is 11.6 Å². The number of aryl methyl sites for hydroxylation is 1. The molecular weight excluding hydrogens is 326 g/mol. The second-order valence-corrected chi connectivity index (χ2v) is 8.60. The predicted molar refractivity (Wildman–Crippen MR) is 102 cm³/mol. The van der Waals surface area contributed by atoms with Crippen molar-refractivity contribution in [2.75, 3.05) is 32.8 Å². The van der Waals surface area contributed by atoms with Gasteiger partial charge in [0.2, 0.25) is 0 Å². The Kier molecular flexibility index (Phi) is 6.23. The molecule has 1 atom stereocenters. The molecule has 3 aliphatic rings. The summed E-state index contributed by atoms with van der Waals surface area (Å²) in [5.41, 5.74) is 0. The SMILES string of the molecule is Cn1cnnc1CN(CC1CCN(C2CCCC2)CC1)C[C@H]1CCCO1. The lowest BCUT2D eigenvalue weighted by atomic mass is 9.94. The summed E-state index contributed by atoms with van der Waals surface area (Å²) in [6.45, 7) is 6.63. The topological polar surface area (TPSA) is 46.4 Å². The van der Waals surface area contributed by atoms with Gasteiger partial charge in [-0.15, -0.1) is 10.2 Å². The number of hydrogen-bond donors (Lipinski definition) is 0. The molecule has 0 unspecified atom stereocenters. The van der Waals surface area contributed by atoms with Gasteiger partial charge in [-0.05, 0) is 57.5 Å². The molecule has 0 radical (unpaired) electrons. The Balaban J connectivity index is 1.31. The summed E-state index contributed by atoms with van der Waals surface area (Å²) in [7, 11) is 2.04. The van der Waals surface area contributed by atoms with Crippen molar-refractivity contribution in [2.45, 2.75) is 70.1 Å². The number of aromatic nitrogens is 3. The maximum absolute atomic E-state index is 5.91. The molecule has 0 amide bonds. The van der Waals surface area contributed by atoms with Gasteiger partial charge < -0.3 is 14.2 Å². The minimum Gasteiger partial charge on any atom is -0.377 e. The van der Waals surface area contributed by atoms with Crippen molar-refractivity contribution in [2.24, 2.45) is 13.0 Å². The fourth-order valence-corrected chi connectivity index (χ4v) is 5.07. The maximum atomic E-state index is 5.91. The van der Waals surface area contributed by atoms with Crippen LogP contribution in [0.25, 0.3) is 0 Å². The Hall–Kier alpha value is -0.980. The summed E-state index contributed by atoms with van der Waals surface area (Å²) in [5.74, 6) is 1.87. The molecule has 2 saturated heterocycles. The quantitative estimate of drug-likeness (QED) is 0.746. The maximum Gasteiger partial charge on any atom is 0.146 e. The third-order valence-electron chi connectivity index (χ3n) is 6.66. The molecule has 0 spiro atoms. The minimum absolute atomic E-state index is 0.404. The summed E-state index contributed by atoms with van der Waals surface area (Å²) in [6.07, 6.45) is 13.1. The number of piperidine rings is 1. The largest absolute Gasteiger partial charge is 0.377 e. The molecule has 1 aromatic rings. The van der Waals surface area contributed by atoms with E-state index >= 15 is 0 Å². The van der Waals surface area contributed by atoms with Gasteiger partial charge in [-0.2, -0.15) is 0 Å². The van der Waals surface area contributed by atoms with Gasteiger partial charge in [0.25, 0.3) is 0 Å². The molecule has 1 saturated carbocycles. The lowest BCUT2D eigenvalue weighted by molar-refractivity contribution is 0.0527. The van der Waals surface area contributed by atoms with Crippen LogP contribution in [0, 0.1) is 5.92 Å². The fraction of sp³-hybridized carbons (Fsp3) is 0.900. The number of hydrogen-bond acceptors (Lipinski definition) is 5. The molecule has 0 aromatic carbocycles. The van der Waals surface area contributed by atoms with Gasteiger partial charge in [0, 0.05) is 32.8 Å². The lowest BCUT2D eigenvalue weighted by Crippen LogP contribution is -2.43. The molecule has 0 bridgehead atoms. The van der Waals surface area contributed by atoms with Crippen LogP contribution >= 0.6 is 0 Å². The van der Waals surface area contributed by atoms with Crippen LogP contribution in [-0.2, 0) is 18.3 Å². The third kappa shape index (κ3) is 4.65. The van der Waals surface area contributed by atoms with Crippen LogP contribution in [0.4, 0.5) is 0 Å². The first-order chi connectivity index (χ1) is 12.8. The molecule has 3 heterocycles. The average Bonchev–Trinajstić information content (AvgIpc) is 3.40. The van der Waals surface area contributed by atoms with Crippen molar-refractivity contribution in [3.63, 3.8) is 0 Å². The first-order valence-corrected chi connectivity index (χ1v) is 10.7. The van der Waals surface area contributed by atoms with Crippen LogP contribution in [0.2, 0.25) is 0 Å². The molecule has 0 N–H and O–H groups in total. The van der Waals surface area contributed by atoms with Crippen LogP contribution in [0.1, 0.15) is 57.2 Å². The van der Waals surface area contributed by atoms with Gasteiger partial charge in [0.1, 0.15) is 12.2 Å². The standard InChI is InChI=1S/C20H35N5O/c1-23-16-21-22-20(23)15-24(14-19-7-4-12-26-19)13-17-8-10-25(11-9-17)18-5-2-3-6-18/h16-19H,2-15H2,1H3/t19-/m1/s1. The van der Waals surface area contributed by atoms with Crippen LogP contribution < -0.4 is 0 Å². The second-order valence-electron chi connectivity index (χ2n) is 8.60. The Morgan fingerprint density at radius 1 is 1.08 bits per heavy atom. The van der Waals surface area contributed by atoms with Gasteiger partial charge in [-0.3, -0.25) is 4.90 Å². The molecule has 1 aliphatic carbocycles. The zero-order chi connectivity index (χ0) is 17.8. The molecule has 6 nitrogen and oxygen atoms in total. The van der Waals surface area contributed by atoms with E-state index in [-0.39, 0.29) is 0 Å². The van der Waals surface area contributed by atoms with E-state index in [2.05, 4.69) is 20.0 Å². The normalized spacial score (nSPS) is 26.3. The van der Waals surface area contributed by atoms with E-state index < -0.39 is 0 Å². The second kappa shape index (κ2) is 8.81. The molecule has 2 aliphatic heterocycles. The minimum atomic E-state index is 0.404. The molecule has 6 heteroatoms. The van der Waals surface area contributed by atoms with E-state index in [0.29, 0.717) is 6.10 Å². The Bertz CT molecular complexity index is 542. The van der Waals surface area contributed by atoms with Gasteiger partial charge in [0.05, 0.1) is 12.6 Å². The van der Waals surface area contributed by atoms with Crippen LogP contribution in [-0.4, -0.2) is 69.5 Å². The Labute approximate surface area is 157 Å². The highest BCUT2D eigenvalue weighted by molar-refractivity contribution is 4.88. The van der Waals surface area contributed by atoms with Crippen molar-refractivity contribution >= 4 is 0 Å². The van der Waals surface area contributed by atoms with E-state index in [1.165, 1.54) is 71.0 Å². The molecule has 146 valence electrons. The van der Waals surface area contributed by atoms with E-state index in [1.54, 1.807) is 6.33 Å². The highest BCUT2D eigenvalue weighted by Gasteiger charge is 2.29. The Morgan fingerprint density at radius 3 is 2.54 bits per heavy atom. The van der Waals surface area contributed by atoms with Crippen LogP contribution in [0.3, 0.4) is 0 Å². The summed E-state index contributed by atoms with van der Waals surface area (Å²) in [5, 5.41) is 8.37. The van der Waals surface area contributed by atoms with E-state index in [9.17, 15) is 0 Å². The summed E-state index contributed by atoms with van der Waals surface area (Å²) in [4.78, 5) is 5.35. The fourth-order valence-electron chi connectivity index (χ4n) is 5.07. The van der Waals surface area contributed by atoms with Crippen LogP contribution in [0.5, 0.6) is 0 Å². The van der Waals surface area contributed by atoms with E-state index in [0.717, 1.165) is 37.5 Å². The molecule has 4 rings (SSSR count). The predicted octanol–water partition coefficient (Wildman–Crippen LogP) is 2.45. The molecule has 1 aromatic heterocycles.